The van der Waals surface area contributed by atoms with Crippen LogP contribution in [0.2, 0.25) is 0 Å². The molecule has 1 heterocycles. The van der Waals surface area contributed by atoms with Crippen molar-refractivity contribution in [2.24, 2.45) is 5.92 Å². The summed E-state index contributed by atoms with van der Waals surface area (Å²) in [5.41, 5.74) is -0.0892. The summed E-state index contributed by atoms with van der Waals surface area (Å²) in [6.45, 7) is 5.08. The number of aromatic carboxylic acids is 1. The molecule has 0 aliphatic carbocycles. The fraction of sp³-hybridized carbons (Fsp3) is 0.500. The molecule has 0 radical (unpaired) electrons. The number of carboxylic acid groups (broad SMARTS) is 1. The van der Waals surface area contributed by atoms with Gasteiger partial charge in [-0.2, -0.15) is 5.26 Å². The van der Waals surface area contributed by atoms with Gasteiger partial charge in [-0.3, -0.25) is 0 Å². The van der Waals surface area contributed by atoms with E-state index in [4.69, 9.17) is 10.4 Å². The third-order valence-electron chi connectivity index (χ3n) is 2.71. The van der Waals surface area contributed by atoms with Gasteiger partial charge in [-0.15, -0.1) is 0 Å². The average molecular weight is 299 g/mol. The number of hydrogen-bond acceptors (Lipinski definition) is 4. The van der Waals surface area contributed by atoms with Gasteiger partial charge in [-0.05, 0) is 26.8 Å². The molecule has 0 fully saturated rings. The number of sulfonamides is 1. The molecular formula is C12H17N3O4S. The number of nitrogens with zero attached hydrogens (tertiary/aromatic N) is 2. The Bertz CT molecular complexity index is 640. The van der Waals surface area contributed by atoms with Crippen LogP contribution in [-0.2, 0) is 10.0 Å². The highest BCUT2D eigenvalue weighted by atomic mass is 32.2. The minimum absolute atomic E-state index is 0.0197. The van der Waals surface area contributed by atoms with Gasteiger partial charge in [0.1, 0.15) is 10.6 Å². The molecule has 0 bridgehead atoms. The summed E-state index contributed by atoms with van der Waals surface area (Å²) in [5, 5.41) is 17.7. The van der Waals surface area contributed by atoms with Gasteiger partial charge in [-0.1, -0.05) is 0 Å². The van der Waals surface area contributed by atoms with E-state index < -0.39 is 21.9 Å². The number of nitrogens with one attached hydrogen (secondary N) is 1. The van der Waals surface area contributed by atoms with Gasteiger partial charge in [0.15, 0.2) is 0 Å². The Kier molecular flexibility index (Phi) is 4.92. The molecule has 0 spiro atoms. The minimum atomic E-state index is -3.82. The topological polar surface area (TPSA) is 112 Å². The summed E-state index contributed by atoms with van der Waals surface area (Å²) in [4.78, 5) is 11.0. The maximum Gasteiger partial charge on any atom is 0.352 e. The summed E-state index contributed by atoms with van der Waals surface area (Å²) in [6.07, 6.45) is 1.29. The lowest BCUT2D eigenvalue weighted by molar-refractivity contribution is 0.0683. The molecule has 0 aliphatic rings. The Morgan fingerprint density at radius 1 is 1.50 bits per heavy atom. The summed E-state index contributed by atoms with van der Waals surface area (Å²) in [6, 6.07) is 2.85. The Morgan fingerprint density at radius 2 is 2.10 bits per heavy atom. The predicted molar refractivity (Wildman–Crippen MR) is 71.7 cm³/mol. The lowest BCUT2D eigenvalue weighted by atomic mass is 10.2. The van der Waals surface area contributed by atoms with E-state index in [-0.39, 0.29) is 23.2 Å². The Morgan fingerprint density at radius 3 is 2.50 bits per heavy atom. The van der Waals surface area contributed by atoms with Crippen LogP contribution in [0.25, 0.3) is 0 Å². The lowest BCUT2D eigenvalue weighted by Gasteiger charge is -2.09. The molecule has 0 aliphatic heterocycles. The van der Waals surface area contributed by atoms with Crippen LogP contribution in [-0.4, -0.2) is 30.6 Å². The van der Waals surface area contributed by atoms with Crippen LogP contribution in [0.5, 0.6) is 0 Å². The summed E-state index contributed by atoms with van der Waals surface area (Å²) in [7, 11) is -3.82. The van der Waals surface area contributed by atoms with Gasteiger partial charge >= 0.3 is 5.97 Å². The van der Waals surface area contributed by atoms with Crippen LogP contribution in [0.4, 0.5) is 0 Å². The van der Waals surface area contributed by atoms with Gasteiger partial charge in [0.2, 0.25) is 10.0 Å². The fourth-order valence-corrected chi connectivity index (χ4v) is 2.72. The Labute approximate surface area is 117 Å². The molecule has 110 valence electrons. The van der Waals surface area contributed by atoms with Crippen molar-refractivity contribution in [1.29, 1.82) is 5.26 Å². The molecule has 1 unspecified atom stereocenters. The predicted octanol–water partition coefficient (Wildman–Crippen LogP) is 1.21. The normalized spacial score (nSPS) is 13.2. The van der Waals surface area contributed by atoms with Crippen LogP contribution in [0.1, 0.15) is 37.3 Å². The third kappa shape index (κ3) is 3.59. The highest BCUT2D eigenvalue weighted by molar-refractivity contribution is 7.89. The Balaban J connectivity index is 3.11. The van der Waals surface area contributed by atoms with Crippen molar-refractivity contribution in [1.82, 2.24) is 9.29 Å². The average Bonchev–Trinajstić information content (AvgIpc) is 2.82. The fourth-order valence-electron chi connectivity index (χ4n) is 1.56. The number of carboxylic acids is 1. The number of rotatable bonds is 6. The molecule has 1 rings (SSSR count). The van der Waals surface area contributed by atoms with E-state index in [1.54, 1.807) is 20.8 Å². The first kappa shape index (κ1) is 16.2. The second kappa shape index (κ2) is 6.07. The van der Waals surface area contributed by atoms with Crippen molar-refractivity contribution >= 4 is 16.0 Å². The molecule has 0 saturated carbocycles. The lowest BCUT2D eigenvalue weighted by Crippen LogP contribution is -2.27. The molecule has 8 heteroatoms. The zero-order valence-corrected chi connectivity index (χ0v) is 12.3. The van der Waals surface area contributed by atoms with E-state index in [1.165, 1.54) is 10.8 Å². The third-order valence-corrected chi connectivity index (χ3v) is 4.10. The molecule has 7 nitrogen and oxygen atoms in total. The first-order valence-electron chi connectivity index (χ1n) is 6.03. The smallest absolute Gasteiger partial charge is 0.352 e. The maximum absolute atomic E-state index is 12.0. The zero-order valence-electron chi connectivity index (χ0n) is 11.5. The molecule has 1 atom stereocenters. The first-order chi connectivity index (χ1) is 9.19. The van der Waals surface area contributed by atoms with E-state index >= 15 is 0 Å². The van der Waals surface area contributed by atoms with Crippen molar-refractivity contribution in [3.63, 3.8) is 0 Å². The van der Waals surface area contributed by atoms with Crippen molar-refractivity contribution < 1.29 is 18.3 Å². The van der Waals surface area contributed by atoms with Crippen molar-refractivity contribution in [3.8, 4) is 6.07 Å². The van der Waals surface area contributed by atoms with Crippen LogP contribution in [0.15, 0.2) is 17.2 Å². The van der Waals surface area contributed by atoms with E-state index in [0.29, 0.717) is 0 Å². The SMILES string of the molecule is CC(C#N)CNS(=O)(=O)c1cc(C(=O)O)n(C(C)C)c1. The van der Waals surface area contributed by atoms with Gasteiger partial charge in [0.25, 0.3) is 0 Å². The minimum Gasteiger partial charge on any atom is -0.477 e. The molecule has 1 aromatic heterocycles. The van der Waals surface area contributed by atoms with Crippen LogP contribution >= 0.6 is 0 Å². The second-order valence-electron chi connectivity index (χ2n) is 4.75. The largest absolute Gasteiger partial charge is 0.477 e. The van der Waals surface area contributed by atoms with E-state index in [1.807, 2.05) is 6.07 Å². The zero-order chi connectivity index (χ0) is 15.5. The maximum atomic E-state index is 12.0. The van der Waals surface area contributed by atoms with Crippen LogP contribution in [0, 0.1) is 17.2 Å². The summed E-state index contributed by atoms with van der Waals surface area (Å²) in [5.74, 6) is -1.65. The van der Waals surface area contributed by atoms with Gasteiger partial charge in [-0.25, -0.2) is 17.9 Å². The molecule has 0 aromatic carbocycles. The quantitative estimate of drug-likeness (QED) is 0.819. The van der Waals surface area contributed by atoms with E-state index in [9.17, 15) is 13.2 Å². The molecular weight excluding hydrogens is 282 g/mol. The van der Waals surface area contributed by atoms with Gasteiger partial charge in [0.05, 0.1) is 12.0 Å². The molecule has 1 aromatic rings. The van der Waals surface area contributed by atoms with E-state index in [0.717, 1.165) is 6.07 Å². The number of aromatic nitrogens is 1. The monoisotopic (exact) mass is 299 g/mol. The first-order valence-corrected chi connectivity index (χ1v) is 7.51. The van der Waals surface area contributed by atoms with Crippen LogP contribution < -0.4 is 4.72 Å². The van der Waals surface area contributed by atoms with Crippen molar-refractivity contribution in [2.45, 2.75) is 31.7 Å². The number of hydrogen-bond donors (Lipinski definition) is 2. The number of nitriles is 1. The molecule has 20 heavy (non-hydrogen) atoms. The van der Waals surface area contributed by atoms with Gasteiger partial charge < -0.3 is 9.67 Å². The number of carbonyl (C=O) groups is 1. The molecule has 0 amide bonds. The molecule has 0 saturated heterocycles. The van der Waals surface area contributed by atoms with Crippen molar-refractivity contribution in [3.05, 3.63) is 18.0 Å². The van der Waals surface area contributed by atoms with Crippen molar-refractivity contribution in [2.75, 3.05) is 6.54 Å². The van der Waals surface area contributed by atoms with E-state index in [2.05, 4.69) is 4.72 Å². The molecule has 2 N–H and O–H groups in total. The summed E-state index contributed by atoms with van der Waals surface area (Å²) < 4.78 is 27.7. The second-order valence-corrected chi connectivity index (χ2v) is 6.52. The highest BCUT2D eigenvalue weighted by Gasteiger charge is 2.22. The Hall–Kier alpha value is -1.85. The van der Waals surface area contributed by atoms with Gasteiger partial charge in [0, 0.05) is 18.8 Å². The highest BCUT2D eigenvalue weighted by Crippen LogP contribution is 2.19. The summed E-state index contributed by atoms with van der Waals surface area (Å²) >= 11 is 0. The van der Waals surface area contributed by atoms with Crippen LogP contribution in [0.3, 0.4) is 0 Å². The standard InChI is InChI=1S/C12H17N3O4S/c1-8(2)15-7-10(4-11(15)12(16)17)20(18,19)14-6-9(3)5-13/h4,7-9,14H,6H2,1-3H3,(H,16,17).